The zero-order valence-electron chi connectivity index (χ0n) is 17.6. The molecular formula is C23H24N2O5S. The van der Waals surface area contributed by atoms with Crippen LogP contribution in [0.4, 0.5) is 4.79 Å². The molecule has 0 spiro atoms. The molecule has 0 aliphatic heterocycles. The van der Waals surface area contributed by atoms with E-state index >= 15 is 0 Å². The maximum absolute atomic E-state index is 12.7. The number of methoxy groups -OCH3 is 1. The van der Waals surface area contributed by atoms with Crippen LogP contribution in [0.3, 0.4) is 0 Å². The second-order valence-electron chi connectivity index (χ2n) is 7.13. The number of pyridine rings is 1. The number of alkyl carbamates (subject to hydrolysis) is 1. The Labute approximate surface area is 184 Å². The van der Waals surface area contributed by atoms with Gasteiger partial charge in [0.2, 0.25) is 0 Å². The monoisotopic (exact) mass is 440 g/mol. The van der Waals surface area contributed by atoms with Crippen molar-refractivity contribution in [3.8, 4) is 0 Å². The van der Waals surface area contributed by atoms with Gasteiger partial charge < -0.3 is 14.8 Å². The van der Waals surface area contributed by atoms with Crippen LogP contribution in [0.5, 0.6) is 0 Å². The molecule has 1 N–H and O–H groups in total. The molecule has 0 bridgehead atoms. The molecule has 1 atom stereocenters. The molecule has 2 aromatic heterocycles. The highest BCUT2D eigenvalue weighted by atomic mass is 32.1. The van der Waals surface area contributed by atoms with Gasteiger partial charge in [-0.1, -0.05) is 30.3 Å². The predicted molar refractivity (Wildman–Crippen MR) is 118 cm³/mol. The van der Waals surface area contributed by atoms with Gasteiger partial charge in [-0.05, 0) is 43.0 Å². The van der Waals surface area contributed by atoms with Gasteiger partial charge in [-0.2, -0.15) is 0 Å². The Morgan fingerprint density at radius 1 is 1.16 bits per heavy atom. The van der Waals surface area contributed by atoms with Crippen molar-refractivity contribution >= 4 is 39.4 Å². The van der Waals surface area contributed by atoms with Crippen molar-refractivity contribution < 1.29 is 23.9 Å². The van der Waals surface area contributed by atoms with Crippen molar-refractivity contribution in [3.05, 3.63) is 64.2 Å². The third-order valence-electron chi connectivity index (χ3n) is 4.97. The third kappa shape index (κ3) is 5.67. The van der Waals surface area contributed by atoms with E-state index in [0.29, 0.717) is 4.88 Å². The van der Waals surface area contributed by atoms with Crippen molar-refractivity contribution in [1.29, 1.82) is 0 Å². The third-order valence-corrected chi connectivity index (χ3v) is 6.25. The van der Waals surface area contributed by atoms with Crippen LogP contribution in [0, 0.1) is 13.8 Å². The summed E-state index contributed by atoms with van der Waals surface area (Å²) < 4.78 is 10.9. The number of Topliss-reactive ketones (excluding diaryl/α,β-unsaturated/α-hetero) is 1. The highest BCUT2D eigenvalue weighted by Crippen LogP contribution is 2.29. The Hall–Kier alpha value is -3.26. The van der Waals surface area contributed by atoms with Crippen molar-refractivity contribution in [2.75, 3.05) is 7.11 Å². The summed E-state index contributed by atoms with van der Waals surface area (Å²) in [6.45, 7) is 4.06. The zero-order valence-corrected chi connectivity index (χ0v) is 18.5. The summed E-state index contributed by atoms with van der Waals surface area (Å²) >= 11 is 1.39. The molecule has 1 amide bonds. The molecule has 0 saturated heterocycles. The first-order valence-corrected chi connectivity index (χ1v) is 10.6. The fraction of sp³-hybridized carbons (Fsp3) is 0.304. The van der Waals surface area contributed by atoms with Crippen LogP contribution >= 0.6 is 11.3 Å². The maximum Gasteiger partial charge on any atom is 0.408 e. The molecule has 0 unspecified atom stereocenters. The number of aryl methyl sites for hydroxylation is 2. The average Bonchev–Trinajstić information content (AvgIpc) is 3.23. The van der Waals surface area contributed by atoms with E-state index in [2.05, 4.69) is 10.3 Å². The summed E-state index contributed by atoms with van der Waals surface area (Å²) in [6, 6.07) is 9.98. The maximum atomic E-state index is 12.7. The lowest BCUT2D eigenvalue weighted by molar-refractivity contribution is -0.143. The van der Waals surface area contributed by atoms with Crippen LogP contribution in [-0.2, 0) is 20.9 Å². The quantitative estimate of drug-likeness (QED) is 0.413. The smallest absolute Gasteiger partial charge is 0.408 e. The Kier molecular flexibility index (Phi) is 7.36. The Morgan fingerprint density at radius 2 is 1.90 bits per heavy atom. The summed E-state index contributed by atoms with van der Waals surface area (Å²) in [4.78, 5) is 41.9. The number of thiophene rings is 1. The number of carbonyl (C=O) groups excluding carboxylic acids is 3. The first kappa shape index (κ1) is 22.4. The lowest BCUT2D eigenvalue weighted by Crippen LogP contribution is -2.42. The molecule has 8 heteroatoms. The van der Waals surface area contributed by atoms with E-state index in [1.54, 1.807) is 12.3 Å². The van der Waals surface area contributed by atoms with E-state index in [4.69, 9.17) is 9.47 Å². The highest BCUT2D eigenvalue weighted by molar-refractivity contribution is 7.21. The Bertz CT molecular complexity index is 1090. The van der Waals surface area contributed by atoms with Crippen molar-refractivity contribution in [1.82, 2.24) is 10.3 Å². The summed E-state index contributed by atoms with van der Waals surface area (Å²) in [5, 5.41) is 2.49. The zero-order chi connectivity index (χ0) is 22.4. The molecule has 3 aromatic rings. The summed E-state index contributed by atoms with van der Waals surface area (Å²) in [7, 11) is 1.23. The standard InChI is InChI=1S/C23H24N2O5S/c1-14-12-24-18-11-20(31-21(18)15(14)2)19(26)10-9-17(22(27)29-3)25-23(28)30-13-16-7-5-4-6-8-16/h4-8,11-12,17H,9-10,13H2,1-3H3,(H,25,28)/t17-/m1/s1. The van der Waals surface area contributed by atoms with E-state index in [9.17, 15) is 14.4 Å². The van der Waals surface area contributed by atoms with Gasteiger partial charge in [0, 0.05) is 12.6 Å². The van der Waals surface area contributed by atoms with E-state index in [0.717, 1.165) is 26.9 Å². The number of rotatable bonds is 8. The number of nitrogens with one attached hydrogen (secondary N) is 1. The van der Waals surface area contributed by atoms with E-state index < -0.39 is 18.1 Å². The number of esters is 1. The Balaban J connectivity index is 1.60. The van der Waals surface area contributed by atoms with Gasteiger partial charge in [-0.25, -0.2) is 9.59 Å². The topological polar surface area (TPSA) is 94.6 Å². The van der Waals surface area contributed by atoms with E-state index in [-0.39, 0.29) is 25.2 Å². The number of carbonyl (C=O) groups is 3. The van der Waals surface area contributed by atoms with E-state index in [1.807, 2.05) is 44.2 Å². The van der Waals surface area contributed by atoms with Gasteiger partial charge in [-0.15, -0.1) is 11.3 Å². The van der Waals surface area contributed by atoms with Crippen LogP contribution in [0.15, 0.2) is 42.6 Å². The van der Waals surface area contributed by atoms with Gasteiger partial charge in [-0.3, -0.25) is 9.78 Å². The lowest BCUT2D eigenvalue weighted by Gasteiger charge is -2.16. The molecule has 1 aromatic carbocycles. The molecule has 2 heterocycles. The van der Waals surface area contributed by atoms with Gasteiger partial charge in [0.25, 0.3) is 0 Å². The second-order valence-corrected chi connectivity index (χ2v) is 8.19. The summed E-state index contributed by atoms with van der Waals surface area (Å²) in [5.41, 5.74) is 3.77. The highest BCUT2D eigenvalue weighted by Gasteiger charge is 2.24. The number of ketones is 1. The fourth-order valence-corrected chi connectivity index (χ4v) is 4.16. The van der Waals surface area contributed by atoms with Crippen LogP contribution in [-0.4, -0.2) is 36.0 Å². The number of ether oxygens (including phenoxy) is 2. The molecule has 3 rings (SSSR count). The molecular weight excluding hydrogens is 416 g/mol. The minimum Gasteiger partial charge on any atom is -0.467 e. The molecule has 0 fully saturated rings. The molecule has 0 saturated carbocycles. The first-order valence-electron chi connectivity index (χ1n) is 9.83. The van der Waals surface area contributed by atoms with Crippen molar-refractivity contribution in [2.24, 2.45) is 0 Å². The second kappa shape index (κ2) is 10.2. The minimum absolute atomic E-state index is 0.0730. The average molecular weight is 441 g/mol. The summed E-state index contributed by atoms with van der Waals surface area (Å²) in [6.07, 6.45) is 1.22. The van der Waals surface area contributed by atoms with Crippen LogP contribution in [0.2, 0.25) is 0 Å². The van der Waals surface area contributed by atoms with Gasteiger partial charge in [0.05, 0.1) is 22.2 Å². The van der Waals surface area contributed by atoms with Gasteiger partial charge in [0.15, 0.2) is 5.78 Å². The molecule has 7 nitrogen and oxygen atoms in total. The largest absolute Gasteiger partial charge is 0.467 e. The number of hydrogen-bond acceptors (Lipinski definition) is 7. The lowest BCUT2D eigenvalue weighted by atomic mass is 10.1. The van der Waals surface area contributed by atoms with Gasteiger partial charge >= 0.3 is 12.1 Å². The molecule has 0 radical (unpaired) electrons. The van der Waals surface area contributed by atoms with Crippen molar-refractivity contribution in [3.63, 3.8) is 0 Å². The fourth-order valence-electron chi connectivity index (χ4n) is 3.02. The number of aromatic nitrogens is 1. The molecule has 162 valence electrons. The molecule has 0 aliphatic carbocycles. The predicted octanol–water partition coefficient (Wildman–Crippen LogP) is 4.34. The Morgan fingerprint density at radius 3 is 2.61 bits per heavy atom. The normalized spacial score (nSPS) is 11.7. The summed E-state index contributed by atoms with van der Waals surface area (Å²) in [5.74, 6) is -0.748. The van der Waals surface area contributed by atoms with Crippen LogP contribution in [0.1, 0.15) is 39.2 Å². The number of hydrogen-bond donors (Lipinski definition) is 1. The molecule has 0 aliphatic rings. The minimum atomic E-state index is -0.978. The number of fused-ring (bicyclic) bond motifs is 1. The van der Waals surface area contributed by atoms with Gasteiger partial charge in [0.1, 0.15) is 12.6 Å². The molecule has 31 heavy (non-hydrogen) atoms. The van der Waals surface area contributed by atoms with Crippen LogP contribution < -0.4 is 5.32 Å². The first-order chi connectivity index (χ1) is 14.9. The van der Waals surface area contributed by atoms with Crippen LogP contribution in [0.25, 0.3) is 10.2 Å². The number of nitrogens with zero attached hydrogens (tertiary/aromatic N) is 1. The number of benzene rings is 1. The van der Waals surface area contributed by atoms with Crippen molar-refractivity contribution in [2.45, 2.75) is 39.3 Å². The number of amides is 1. The van der Waals surface area contributed by atoms with E-state index in [1.165, 1.54) is 18.4 Å². The SMILES string of the molecule is COC(=O)[C@@H](CCC(=O)c1cc2ncc(C)c(C)c2s1)NC(=O)OCc1ccccc1.